The lowest BCUT2D eigenvalue weighted by atomic mass is 10.1. The Morgan fingerprint density at radius 1 is 1.19 bits per heavy atom. The van der Waals surface area contributed by atoms with Gasteiger partial charge in [-0.15, -0.1) is 0 Å². The maximum Gasteiger partial charge on any atom is 0.317 e. The third-order valence-corrected chi connectivity index (χ3v) is 4.86. The van der Waals surface area contributed by atoms with E-state index in [9.17, 15) is 9.18 Å². The first-order valence-corrected chi connectivity index (χ1v) is 8.78. The molecular weight excluding hydrogens is 335 g/mol. The molecular formula is C20H21FN2O3. The molecule has 0 bridgehead atoms. The summed E-state index contributed by atoms with van der Waals surface area (Å²) in [5.74, 6) is 1.17. The molecule has 0 fully saturated rings. The first kappa shape index (κ1) is 16.7. The maximum atomic E-state index is 13.5. The maximum absolute atomic E-state index is 13.5. The van der Waals surface area contributed by atoms with E-state index < -0.39 is 0 Å². The SMILES string of the molecule is CN(Cc1ccc2c(c1)OCCO2)C(=O)NC1CCc2ccc(F)cc21. The van der Waals surface area contributed by atoms with Crippen molar-refractivity contribution in [3.8, 4) is 11.5 Å². The van der Waals surface area contributed by atoms with E-state index in [4.69, 9.17) is 9.47 Å². The topological polar surface area (TPSA) is 50.8 Å². The highest BCUT2D eigenvalue weighted by molar-refractivity contribution is 5.74. The molecule has 2 aliphatic rings. The van der Waals surface area contributed by atoms with Gasteiger partial charge >= 0.3 is 6.03 Å². The molecule has 0 aromatic heterocycles. The van der Waals surface area contributed by atoms with Gasteiger partial charge in [-0.05, 0) is 53.8 Å². The lowest BCUT2D eigenvalue weighted by Crippen LogP contribution is -2.38. The summed E-state index contributed by atoms with van der Waals surface area (Å²) in [4.78, 5) is 14.2. The van der Waals surface area contributed by atoms with Gasteiger partial charge in [0.25, 0.3) is 0 Å². The number of amides is 2. The van der Waals surface area contributed by atoms with Gasteiger partial charge in [-0.2, -0.15) is 0 Å². The highest BCUT2D eigenvalue weighted by Gasteiger charge is 2.25. The second-order valence-corrected chi connectivity index (χ2v) is 6.72. The Labute approximate surface area is 151 Å². The number of rotatable bonds is 3. The second-order valence-electron chi connectivity index (χ2n) is 6.72. The number of fused-ring (bicyclic) bond motifs is 2. The molecule has 1 aliphatic carbocycles. The van der Waals surface area contributed by atoms with Gasteiger partial charge in [0.1, 0.15) is 19.0 Å². The van der Waals surface area contributed by atoms with Crippen molar-refractivity contribution in [2.45, 2.75) is 25.4 Å². The van der Waals surface area contributed by atoms with E-state index in [0.717, 1.165) is 35.3 Å². The van der Waals surface area contributed by atoms with Crippen LogP contribution >= 0.6 is 0 Å². The van der Waals surface area contributed by atoms with Gasteiger partial charge in [0.2, 0.25) is 0 Å². The van der Waals surface area contributed by atoms with Gasteiger partial charge in [-0.1, -0.05) is 12.1 Å². The zero-order valence-electron chi connectivity index (χ0n) is 14.6. The minimum Gasteiger partial charge on any atom is -0.486 e. The minimum absolute atomic E-state index is 0.143. The van der Waals surface area contributed by atoms with Gasteiger partial charge in [0.05, 0.1) is 6.04 Å². The Morgan fingerprint density at radius 3 is 2.85 bits per heavy atom. The standard InChI is InChI=1S/C20H21FN2O3/c1-23(12-13-2-7-18-19(10-13)26-9-8-25-18)20(24)22-17-6-4-14-3-5-15(21)11-16(14)17/h2-3,5,7,10-11,17H,4,6,8-9,12H2,1H3,(H,22,24). The smallest absolute Gasteiger partial charge is 0.317 e. The second kappa shape index (κ2) is 6.86. The summed E-state index contributed by atoms with van der Waals surface area (Å²) in [5.41, 5.74) is 2.95. The highest BCUT2D eigenvalue weighted by atomic mass is 19.1. The number of nitrogens with zero attached hydrogens (tertiary/aromatic N) is 1. The van der Waals surface area contributed by atoms with E-state index in [2.05, 4.69) is 5.32 Å². The molecule has 0 saturated heterocycles. The summed E-state index contributed by atoms with van der Waals surface area (Å²) in [7, 11) is 1.74. The average molecular weight is 356 g/mol. The monoisotopic (exact) mass is 356 g/mol. The van der Waals surface area contributed by atoms with Crippen LogP contribution in [-0.4, -0.2) is 31.2 Å². The molecule has 1 atom stereocenters. The van der Waals surface area contributed by atoms with E-state index >= 15 is 0 Å². The van der Waals surface area contributed by atoms with Gasteiger partial charge in [-0.25, -0.2) is 9.18 Å². The number of hydrogen-bond acceptors (Lipinski definition) is 3. The van der Waals surface area contributed by atoms with Crippen molar-refractivity contribution in [1.82, 2.24) is 10.2 Å². The molecule has 2 amide bonds. The van der Waals surface area contributed by atoms with Crippen LogP contribution in [-0.2, 0) is 13.0 Å². The van der Waals surface area contributed by atoms with Crippen LogP contribution in [0.1, 0.15) is 29.2 Å². The Hall–Kier alpha value is -2.76. The number of ether oxygens (including phenoxy) is 2. The van der Waals surface area contributed by atoms with Crippen LogP contribution in [0, 0.1) is 5.82 Å². The Kier molecular flexibility index (Phi) is 4.41. The summed E-state index contributed by atoms with van der Waals surface area (Å²) in [6.07, 6.45) is 1.65. The van der Waals surface area contributed by atoms with E-state index in [1.54, 1.807) is 18.0 Å². The van der Waals surface area contributed by atoms with Gasteiger partial charge in [0.15, 0.2) is 11.5 Å². The zero-order valence-corrected chi connectivity index (χ0v) is 14.6. The van der Waals surface area contributed by atoms with Crippen molar-refractivity contribution < 1.29 is 18.7 Å². The summed E-state index contributed by atoms with van der Waals surface area (Å²) >= 11 is 0. The van der Waals surface area contributed by atoms with E-state index in [1.165, 1.54) is 12.1 Å². The van der Waals surface area contributed by atoms with Crippen LogP contribution in [0.4, 0.5) is 9.18 Å². The first-order valence-electron chi connectivity index (χ1n) is 8.78. The molecule has 5 nitrogen and oxygen atoms in total. The molecule has 0 saturated carbocycles. The highest BCUT2D eigenvalue weighted by Crippen LogP contribution is 2.32. The van der Waals surface area contributed by atoms with Gasteiger partial charge in [-0.3, -0.25) is 0 Å². The van der Waals surface area contributed by atoms with Gasteiger partial charge < -0.3 is 19.7 Å². The third kappa shape index (κ3) is 3.31. The van der Waals surface area contributed by atoms with Crippen molar-refractivity contribution in [2.75, 3.05) is 20.3 Å². The largest absolute Gasteiger partial charge is 0.486 e. The van der Waals surface area contributed by atoms with Crippen molar-refractivity contribution in [1.29, 1.82) is 0 Å². The van der Waals surface area contributed by atoms with Crippen LogP contribution in [0.25, 0.3) is 0 Å². The molecule has 4 rings (SSSR count). The van der Waals surface area contributed by atoms with Gasteiger partial charge in [0, 0.05) is 13.6 Å². The lowest BCUT2D eigenvalue weighted by Gasteiger charge is -2.23. The van der Waals surface area contributed by atoms with Crippen molar-refractivity contribution in [2.24, 2.45) is 0 Å². The number of aryl methyl sites for hydroxylation is 1. The van der Waals surface area contributed by atoms with Crippen molar-refractivity contribution in [3.05, 3.63) is 58.9 Å². The first-order chi connectivity index (χ1) is 12.6. The molecule has 0 radical (unpaired) electrons. The fourth-order valence-electron chi connectivity index (χ4n) is 3.51. The van der Waals surface area contributed by atoms with E-state index in [0.29, 0.717) is 25.5 Å². The average Bonchev–Trinajstić information content (AvgIpc) is 3.03. The summed E-state index contributed by atoms with van der Waals surface area (Å²) < 4.78 is 24.6. The zero-order chi connectivity index (χ0) is 18.1. The van der Waals surface area contributed by atoms with Crippen LogP contribution in [0.5, 0.6) is 11.5 Å². The van der Waals surface area contributed by atoms with E-state index in [1.807, 2.05) is 18.2 Å². The van der Waals surface area contributed by atoms with Crippen LogP contribution in [0.15, 0.2) is 36.4 Å². The van der Waals surface area contributed by atoms with Crippen LogP contribution in [0.2, 0.25) is 0 Å². The molecule has 2 aromatic carbocycles. The molecule has 1 heterocycles. The predicted octanol–water partition coefficient (Wildman–Crippen LogP) is 3.43. The number of hydrogen-bond donors (Lipinski definition) is 1. The quantitative estimate of drug-likeness (QED) is 0.917. The molecule has 0 spiro atoms. The number of urea groups is 1. The minimum atomic E-state index is -0.269. The van der Waals surface area contributed by atoms with E-state index in [-0.39, 0.29) is 17.9 Å². The lowest BCUT2D eigenvalue weighted by molar-refractivity contribution is 0.171. The predicted molar refractivity (Wildman–Crippen MR) is 94.9 cm³/mol. The van der Waals surface area contributed by atoms with Crippen LogP contribution in [0.3, 0.4) is 0 Å². The summed E-state index contributed by atoms with van der Waals surface area (Å²) in [5, 5.41) is 3.01. The molecule has 26 heavy (non-hydrogen) atoms. The Morgan fingerprint density at radius 2 is 2.00 bits per heavy atom. The molecule has 6 heteroatoms. The number of nitrogens with one attached hydrogen (secondary N) is 1. The molecule has 1 N–H and O–H groups in total. The molecule has 136 valence electrons. The molecule has 1 aliphatic heterocycles. The van der Waals surface area contributed by atoms with Crippen molar-refractivity contribution in [3.63, 3.8) is 0 Å². The van der Waals surface area contributed by atoms with Crippen molar-refractivity contribution >= 4 is 6.03 Å². The number of benzene rings is 2. The molecule has 1 unspecified atom stereocenters. The fourth-order valence-corrected chi connectivity index (χ4v) is 3.51. The summed E-state index contributed by atoms with van der Waals surface area (Å²) in [6.45, 7) is 1.54. The fraction of sp³-hybridized carbons (Fsp3) is 0.350. The summed E-state index contributed by atoms with van der Waals surface area (Å²) in [6, 6.07) is 10.2. The van der Waals surface area contributed by atoms with Crippen LogP contribution < -0.4 is 14.8 Å². The molecule has 2 aromatic rings. The number of halogens is 1. The Balaban J connectivity index is 1.41. The number of carbonyl (C=O) groups is 1. The normalized spacial score (nSPS) is 17.5. The number of carbonyl (C=O) groups excluding carboxylic acids is 1. The third-order valence-electron chi connectivity index (χ3n) is 4.86. The Bertz CT molecular complexity index is 840.